The van der Waals surface area contributed by atoms with Gasteiger partial charge in [-0.25, -0.2) is 17.8 Å². The minimum absolute atomic E-state index is 0.0251. The predicted octanol–water partition coefficient (Wildman–Crippen LogP) is 4.62. The zero-order chi connectivity index (χ0) is 25.2. The largest absolute Gasteiger partial charge is 0.302 e. The molecule has 1 atom stereocenters. The molecule has 1 saturated heterocycles. The molecule has 1 amide bonds. The molecule has 0 aliphatic carbocycles. The Morgan fingerprint density at radius 1 is 1.17 bits per heavy atom. The fourth-order valence-corrected chi connectivity index (χ4v) is 7.20. The Labute approximate surface area is 214 Å². The number of nitrogens with zero attached hydrogens (tertiary/aromatic N) is 4. The summed E-state index contributed by atoms with van der Waals surface area (Å²) in [6.07, 6.45) is 0.980. The van der Waals surface area contributed by atoms with Crippen LogP contribution in [0.4, 0.5) is 9.52 Å². The van der Waals surface area contributed by atoms with Crippen LogP contribution in [0.5, 0.6) is 0 Å². The first-order chi connectivity index (χ1) is 16.7. The molecule has 0 spiro atoms. The second-order valence-corrected chi connectivity index (χ2v) is 11.7. The van der Waals surface area contributed by atoms with E-state index in [1.807, 2.05) is 12.1 Å². The highest BCUT2D eigenvalue weighted by molar-refractivity contribution is 7.89. The molecular weight excluding hydrogens is 511 g/mol. The van der Waals surface area contributed by atoms with Crippen molar-refractivity contribution >= 4 is 54.2 Å². The molecule has 0 radical (unpaired) electrons. The molecule has 4 rings (SSSR count). The Morgan fingerprint density at radius 3 is 2.57 bits per heavy atom. The van der Waals surface area contributed by atoms with Crippen LogP contribution < -0.4 is 4.90 Å². The van der Waals surface area contributed by atoms with Gasteiger partial charge in [0, 0.05) is 24.7 Å². The van der Waals surface area contributed by atoms with E-state index in [2.05, 4.69) is 23.7 Å². The normalized spacial score (nSPS) is 16.9. The van der Waals surface area contributed by atoms with E-state index in [-0.39, 0.29) is 17.3 Å². The number of hydrogen-bond donors (Lipinski definition) is 0. The van der Waals surface area contributed by atoms with E-state index in [1.54, 1.807) is 11.0 Å². The van der Waals surface area contributed by atoms with Crippen LogP contribution in [0.25, 0.3) is 10.2 Å². The molecule has 1 unspecified atom stereocenters. The second kappa shape index (κ2) is 10.9. The minimum atomic E-state index is -3.96. The summed E-state index contributed by atoms with van der Waals surface area (Å²) in [5.41, 5.74) is 0.734. The van der Waals surface area contributed by atoms with Gasteiger partial charge in [-0.15, -0.1) is 0 Å². The predicted molar refractivity (Wildman–Crippen MR) is 138 cm³/mol. The summed E-state index contributed by atoms with van der Waals surface area (Å²) in [6.45, 7) is 7.04. The quantitative estimate of drug-likeness (QED) is 0.397. The van der Waals surface area contributed by atoms with Crippen LogP contribution in [-0.4, -0.2) is 67.3 Å². The molecule has 3 aromatic rings. The third-order valence-electron chi connectivity index (χ3n) is 6.28. The summed E-state index contributed by atoms with van der Waals surface area (Å²) >= 11 is 7.51. The van der Waals surface area contributed by atoms with Crippen molar-refractivity contribution in [2.75, 3.05) is 37.6 Å². The molecule has 2 aromatic carbocycles. The molecule has 1 aromatic heterocycles. The Kier molecular flexibility index (Phi) is 8.07. The van der Waals surface area contributed by atoms with E-state index in [0.29, 0.717) is 36.1 Å². The Balaban J connectivity index is 1.67. The SMILES string of the molecule is CCN(CC)CCN(C(=O)C1CCCN1S(=O)(=O)c1ccc(F)cc1)c1nc2ccc(Cl)cc2s1. The molecular formula is C24H28ClFN4O3S2. The number of sulfonamides is 1. The first-order valence-corrected chi connectivity index (χ1v) is 14.2. The van der Waals surface area contributed by atoms with E-state index in [9.17, 15) is 17.6 Å². The maximum Gasteiger partial charge on any atom is 0.247 e. The highest BCUT2D eigenvalue weighted by atomic mass is 35.5. The van der Waals surface area contributed by atoms with Gasteiger partial charge in [-0.3, -0.25) is 9.69 Å². The number of amides is 1. The summed E-state index contributed by atoms with van der Waals surface area (Å²) < 4.78 is 42.2. The van der Waals surface area contributed by atoms with Crippen molar-refractivity contribution in [3.05, 3.63) is 53.3 Å². The van der Waals surface area contributed by atoms with Crippen molar-refractivity contribution in [1.29, 1.82) is 0 Å². The molecule has 188 valence electrons. The minimum Gasteiger partial charge on any atom is -0.302 e. The van der Waals surface area contributed by atoms with E-state index in [0.717, 1.165) is 35.4 Å². The lowest BCUT2D eigenvalue weighted by Gasteiger charge is -2.30. The number of hydrogen-bond acceptors (Lipinski definition) is 6. The number of rotatable bonds is 9. The van der Waals surface area contributed by atoms with E-state index in [1.165, 1.54) is 27.8 Å². The summed E-state index contributed by atoms with van der Waals surface area (Å²) in [5.74, 6) is -0.818. The molecule has 1 aliphatic rings. The number of carbonyl (C=O) groups is 1. The van der Waals surface area contributed by atoms with Gasteiger partial charge < -0.3 is 4.90 Å². The molecule has 0 saturated carbocycles. The zero-order valence-corrected chi connectivity index (χ0v) is 22.0. The van der Waals surface area contributed by atoms with Gasteiger partial charge >= 0.3 is 0 Å². The van der Waals surface area contributed by atoms with Crippen molar-refractivity contribution < 1.29 is 17.6 Å². The van der Waals surface area contributed by atoms with Gasteiger partial charge in [0.05, 0.1) is 15.1 Å². The smallest absolute Gasteiger partial charge is 0.247 e. The van der Waals surface area contributed by atoms with Gasteiger partial charge in [0.2, 0.25) is 15.9 Å². The van der Waals surface area contributed by atoms with Crippen LogP contribution in [0.2, 0.25) is 5.02 Å². The topological polar surface area (TPSA) is 73.8 Å². The molecule has 0 N–H and O–H groups in total. The average molecular weight is 539 g/mol. The van der Waals surface area contributed by atoms with Crippen LogP contribution in [0.1, 0.15) is 26.7 Å². The number of thiazole rings is 1. The van der Waals surface area contributed by atoms with Crippen LogP contribution in [0.15, 0.2) is 47.4 Å². The van der Waals surface area contributed by atoms with Gasteiger partial charge in [0.15, 0.2) is 5.13 Å². The number of benzene rings is 2. The van der Waals surface area contributed by atoms with Crippen molar-refractivity contribution in [2.24, 2.45) is 0 Å². The number of fused-ring (bicyclic) bond motifs is 1. The van der Waals surface area contributed by atoms with Crippen molar-refractivity contribution in [2.45, 2.75) is 37.6 Å². The lowest BCUT2D eigenvalue weighted by molar-refractivity contribution is -0.121. The van der Waals surface area contributed by atoms with Crippen LogP contribution in [0, 0.1) is 5.82 Å². The lowest BCUT2D eigenvalue weighted by Crippen LogP contribution is -2.49. The standard InChI is InChI=1S/C24H28ClFN4O3S2/c1-3-28(4-2)14-15-29(24-27-20-12-7-17(25)16-22(20)34-24)23(31)21-6-5-13-30(21)35(32,33)19-10-8-18(26)9-11-19/h7-12,16,21H,3-6,13-15H2,1-2H3. The van der Waals surface area contributed by atoms with Crippen molar-refractivity contribution in [3.63, 3.8) is 0 Å². The highest BCUT2D eigenvalue weighted by Gasteiger charge is 2.42. The average Bonchev–Trinajstić information content (AvgIpc) is 3.49. The Morgan fingerprint density at radius 2 is 1.89 bits per heavy atom. The molecule has 0 bridgehead atoms. The van der Waals surface area contributed by atoms with Crippen LogP contribution in [0.3, 0.4) is 0 Å². The highest BCUT2D eigenvalue weighted by Crippen LogP contribution is 2.33. The first kappa shape index (κ1) is 26.0. The summed E-state index contributed by atoms with van der Waals surface area (Å²) in [5, 5.41) is 1.10. The number of aromatic nitrogens is 1. The maximum absolute atomic E-state index is 13.9. The monoisotopic (exact) mass is 538 g/mol. The molecule has 35 heavy (non-hydrogen) atoms. The summed E-state index contributed by atoms with van der Waals surface area (Å²) in [4.78, 5) is 22.4. The molecule has 1 aliphatic heterocycles. The number of carbonyl (C=O) groups excluding carboxylic acids is 1. The second-order valence-electron chi connectivity index (χ2n) is 8.35. The van der Waals surface area contributed by atoms with E-state index < -0.39 is 21.9 Å². The zero-order valence-electron chi connectivity index (χ0n) is 19.7. The van der Waals surface area contributed by atoms with E-state index in [4.69, 9.17) is 11.6 Å². The Hall–Kier alpha value is -2.11. The fourth-order valence-electron chi connectivity index (χ4n) is 4.28. The van der Waals surface area contributed by atoms with Gasteiger partial charge in [-0.2, -0.15) is 4.31 Å². The first-order valence-electron chi connectivity index (χ1n) is 11.6. The number of likely N-dealkylation sites (N-methyl/N-ethyl adjacent to an activating group) is 1. The van der Waals surface area contributed by atoms with Crippen molar-refractivity contribution in [1.82, 2.24) is 14.2 Å². The summed E-state index contributed by atoms with van der Waals surface area (Å²) in [6, 6.07) is 9.23. The van der Waals surface area contributed by atoms with E-state index >= 15 is 0 Å². The van der Waals surface area contributed by atoms with Crippen LogP contribution >= 0.6 is 22.9 Å². The third-order valence-corrected chi connectivity index (χ3v) is 9.48. The third kappa shape index (κ3) is 5.51. The van der Waals surface area contributed by atoms with Gasteiger partial charge in [-0.1, -0.05) is 36.8 Å². The van der Waals surface area contributed by atoms with Crippen molar-refractivity contribution in [3.8, 4) is 0 Å². The van der Waals surface area contributed by atoms with Gasteiger partial charge in [0.25, 0.3) is 0 Å². The number of halogens is 2. The Bertz CT molecular complexity index is 1300. The molecule has 1 fully saturated rings. The summed E-state index contributed by atoms with van der Waals surface area (Å²) in [7, 11) is -3.96. The molecule has 2 heterocycles. The lowest BCUT2D eigenvalue weighted by atomic mass is 10.2. The maximum atomic E-state index is 13.9. The van der Waals surface area contributed by atoms with Crippen LogP contribution in [-0.2, 0) is 14.8 Å². The number of anilines is 1. The van der Waals surface area contributed by atoms with Gasteiger partial charge in [0.1, 0.15) is 11.9 Å². The molecule has 7 nitrogen and oxygen atoms in total. The molecule has 11 heteroatoms. The van der Waals surface area contributed by atoms with Gasteiger partial charge in [-0.05, 0) is 68.4 Å². The fraction of sp³-hybridized carbons (Fsp3) is 0.417.